The number of aliphatic carboxylic acids is 3. The van der Waals surface area contributed by atoms with E-state index in [9.17, 15) is 0 Å². The number of hydrogen-bond donors (Lipinski definition) is 4. The Morgan fingerprint density at radius 1 is 0.875 bits per heavy atom. The minimum Gasteiger partial charge on any atom is -1.00 e. The van der Waals surface area contributed by atoms with E-state index in [2.05, 4.69) is 0 Å². The molecule has 0 unspecified atom stereocenters. The fourth-order valence-corrected chi connectivity index (χ4v) is 0. The second-order valence-corrected chi connectivity index (χ2v) is 1.64. The fourth-order valence-electron chi connectivity index (χ4n) is 0. The second kappa shape index (κ2) is 29.2. The van der Waals surface area contributed by atoms with Crippen molar-refractivity contribution in [3.63, 3.8) is 0 Å². The van der Waals surface area contributed by atoms with Crippen molar-refractivity contribution in [1.82, 2.24) is 0 Å². The van der Waals surface area contributed by atoms with E-state index in [1.807, 2.05) is 0 Å². The molecule has 0 aliphatic rings. The Morgan fingerprint density at radius 2 is 0.875 bits per heavy atom. The van der Waals surface area contributed by atoms with E-state index in [1.165, 1.54) is 5.34 Å². The SMILES string of the molecule is CC(=O)O.CC(=O)O.CC(=O)O.O=NO.[H-].[Na+]. The van der Waals surface area contributed by atoms with Gasteiger partial charge in [-0.2, -0.15) is 0 Å². The van der Waals surface area contributed by atoms with E-state index in [0.29, 0.717) is 0 Å². The van der Waals surface area contributed by atoms with Gasteiger partial charge in [0.2, 0.25) is 0 Å². The van der Waals surface area contributed by atoms with Crippen molar-refractivity contribution in [1.29, 1.82) is 0 Å². The van der Waals surface area contributed by atoms with Gasteiger partial charge in [-0.1, -0.05) is 0 Å². The standard InChI is InChI=1S/3C2H4O2.HNO2.Na.H/c3*1-2(3)4;2-1-3;;/h3*1H3,(H,3,4);(H,2,3);;/q;;;;+1;-1. The van der Waals surface area contributed by atoms with Crippen LogP contribution in [-0.4, -0.2) is 38.4 Å². The van der Waals surface area contributed by atoms with E-state index in [0.717, 1.165) is 20.8 Å². The molecular weight excluding hydrogens is 237 g/mol. The topological polar surface area (TPSA) is 162 Å². The van der Waals surface area contributed by atoms with Gasteiger partial charge >= 0.3 is 29.6 Å². The van der Waals surface area contributed by atoms with E-state index >= 15 is 0 Å². The Balaban J connectivity index is -0.0000000230. The van der Waals surface area contributed by atoms with Gasteiger partial charge in [-0.05, 0) is 0 Å². The van der Waals surface area contributed by atoms with E-state index in [-0.39, 0.29) is 31.0 Å². The Bertz CT molecular complexity index is 160. The average Bonchev–Trinajstić information content (AvgIpc) is 1.81. The number of carboxylic acid groups (broad SMARTS) is 3. The molecule has 0 spiro atoms. The van der Waals surface area contributed by atoms with Gasteiger partial charge in [0.25, 0.3) is 17.9 Å². The van der Waals surface area contributed by atoms with Crippen molar-refractivity contribution in [2.24, 2.45) is 5.34 Å². The van der Waals surface area contributed by atoms with Crippen LogP contribution in [0.15, 0.2) is 5.34 Å². The summed E-state index contributed by atoms with van der Waals surface area (Å²) in [6.07, 6.45) is 0. The molecule has 0 aromatic rings. The monoisotopic (exact) mass is 251 g/mol. The third-order valence-electron chi connectivity index (χ3n) is 0. The van der Waals surface area contributed by atoms with Crippen molar-refractivity contribution >= 4 is 17.9 Å². The molecule has 9 nitrogen and oxygen atoms in total. The van der Waals surface area contributed by atoms with Crippen LogP contribution in [0.5, 0.6) is 0 Å². The summed E-state index contributed by atoms with van der Waals surface area (Å²) in [4.78, 5) is 35.1. The quantitative estimate of drug-likeness (QED) is 0.209. The third kappa shape index (κ3) is 1260. The molecule has 0 aliphatic heterocycles. The van der Waals surface area contributed by atoms with Gasteiger partial charge in [0.1, 0.15) is 0 Å². The molecule has 0 saturated carbocycles. The molecule has 0 atom stereocenters. The summed E-state index contributed by atoms with van der Waals surface area (Å²) in [5.74, 6) is -2.50. The number of nitrogens with zero attached hydrogens (tertiary/aromatic N) is 1. The van der Waals surface area contributed by atoms with Crippen LogP contribution in [0, 0.1) is 4.91 Å². The van der Waals surface area contributed by atoms with Crippen LogP contribution in [0.1, 0.15) is 22.2 Å². The van der Waals surface area contributed by atoms with Crippen molar-refractivity contribution in [3.05, 3.63) is 4.91 Å². The summed E-state index contributed by atoms with van der Waals surface area (Å²) < 4.78 is 0. The predicted octanol–water partition coefficient (Wildman–Crippen LogP) is -2.47. The minimum absolute atomic E-state index is 0. The second-order valence-electron chi connectivity index (χ2n) is 1.64. The molecule has 0 amide bonds. The molecule has 0 rings (SSSR count). The van der Waals surface area contributed by atoms with Crippen LogP contribution in [0.4, 0.5) is 0 Å². The Kier molecular flexibility index (Phi) is 53.6. The zero-order valence-corrected chi connectivity index (χ0v) is 11.4. The van der Waals surface area contributed by atoms with Gasteiger partial charge in [0.05, 0.1) is 0 Å². The molecule has 0 fully saturated rings. The van der Waals surface area contributed by atoms with E-state index < -0.39 is 17.9 Å². The zero-order valence-electron chi connectivity index (χ0n) is 10.4. The van der Waals surface area contributed by atoms with Crippen LogP contribution in [0.3, 0.4) is 0 Å². The van der Waals surface area contributed by atoms with Crippen LogP contribution < -0.4 is 29.6 Å². The van der Waals surface area contributed by atoms with Crippen molar-refractivity contribution in [2.75, 3.05) is 0 Å². The van der Waals surface area contributed by atoms with Gasteiger partial charge in [-0.15, -0.1) is 4.91 Å². The minimum atomic E-state index is -0.833. The largest absolute Gasteiger partial charge is 1.00 e. The van der Waals surface area contributed by atoms with Gasteiger partial charge in [0.15, 0.2) is 5.34 Å². The Labute approximate surface area is 115 Å². The Hall–Kier alpha value is -1.19. The fraction of sp³-hybridized carbons (Fsp3) is 0.500. The van der Waals surface area contributed by atoms with E-state index in [4.69, 9.17) is 39.8 Å². The normalized spacial score (nSPS) is 5.44. The first kappa shape index (κ1) is 29.3. The maximum absolute atomic E-state index is 9.00. The average molecular weight is 251 g/mol. The van der Waals surface area contributed by atoms with Gasteiger partial charge in [-0.3, -0.25) is 14.4 Å². The first-order valence-corrected chi connectivity index (χ1v) is 3.17. The molecule has 0 bridgehead atoms. The summed E-state index contributed by atoms with van der Waals surface area (Å²) in [7, 11) is 0. The third-order valence-corrected chi connectivity index (χ3v) is 0. The number of hydrogen-bond acceptors (Lipinski definition) is 5. The molecule has 0 aliphatic carbocycles. The first-order chi connectivity index (χ1) is 6.61. The number of carboxylic acids is 3. The number of rotatable bonds is 0. The molecule has 16 heavy (non-hydrogen) atoms. The molecule has 0 saturated heterocycles. The summed E-state index contributed by atoms with van der Waals surface area (Å²) in [5, 5.41) is 30.1. The molecular formula is C6H14NNaO8. The molecule has 4 N–H and O–H groups in total. The van der Waals surface area contributed by atoms with Crippen molar-refractivity contribution in [3.8, 4) is 0 Å². The summed E-state index contributed by atoms with van der Waals surface area (Å²) in [5.41, 5.74) is 0. The molecule has 0 aromatic heterocycles. The van der Waals surface area contributed by atoms with Crippen LogP contribution >= 0.6 is 0 Å². The first-order valence-electron chi connectivity index (χ1n) is 3.17. The van der Waals surface area contributed by atoms with Gasteiger partial charge in [0, 0.05) is 20.8 Å². The van der Waals surface area contributed by atoms with Gasteiger partial charge in [-0.25, -0.2) is 0 Å². The maximum Gasteiger partial charge on any atom is 1.00 e. The van der Waals surface area contributed by atoms with Gasteiger partial charge < -0.3 is 22.0 Å². The predicted molar refractivity (Wildman–Crippen MR) is 48.6 cm³/mol. The van der Waals surface area contributed by atoms with Crippen molar-refractivity contribution in [2.45, 2.75) is 20.8 Å². The molecule has 0 heterocycles. The van der Waals surface area contributed by atoms with Crippen molar-refractivity contribution < 1.29 is 65.9 Å². The molecule has 10 heteroatoms. The summed E-state index contributed by atoms with van der Waals surface area (Å²) in [6.45, 7) is 3.25. The maximum atomic E-state index is 9.00. The molecule has 0 radical (unpaired) electrons. The smallest absolute Gasteiger partial charge is 1.00 e. The summed E-state index contributed by atoms with van der Waals surface area (Å²) >= 11 is 0. The molecule has 0 aromatic carbocycles. The summed E-state index contributed by atoms with van der Waals surface area (Å²) in [6, 6.07) is 0. The molecule has 92 valence electrons. The van der Waals surface area contributed by atoms with Crippen LogP contribution in [0.2, 0.25) is 0 Å². The number of carbonyl (C=O) groups is 3. The van der Waals surface area contributed by atoms with Crippen LogP contribution in [-0.2, 0) is 14.4 Å². The zero-order chi connectivity index (χ0) is 13.4. The Morgan fingerprint density at radius 3 is 0.875 bits per heavy atom. The van der Waals surface area contributed by atoms with Crippen LogP contribution in [0.25, 0.3) is 0 Å². The van der Waals surface area contributed by atoms with E-state index in [1.54, 1.807) is 0 Å².